The van der Waals surface area contributed by atoms with Crippen LogP contribution in [0.2, 0.25) is 0 Å². The van der Waals surface area contributed by atoms with Crippen molar-refractivity contribution in [3.63, 3.8) is 0 Å². The summed E-state index contributed by atoms with van der Waals surface area (Å²) >= 11 is 0. The lowest BCUT2D eigenvalue weighted by atomic mass is 9.97. The first-order chi connectivity index (χ1) is 13.3. The van der Waals surface area contributed by atoms with Crippen molar-refractivity contribution in [2.24, 2.45) is 0 Å². The molecule has 1 aliphatic heterocycles. The SMILES string of the molecule is CC(C)(O)CCc1cccc(C(=O)NC2CCCN(C(=O)c3ccco3)C2)c1. The lowest BCUT2D eigenvalue weighted by molar-refractivity contribution is 0.0646. The van der Waals surface area contributed by atoms with Crippen LogP contribution in [-0.2, 0) is 6.42 Å². The summed E-state index contributed by atoms with van der Waals surface area (Å²) in [7, 11) is 0. The molecular weight excluding hydrogens is 356 g/mol. The fraction of sp³-hybridized carbons (Fsp3) is 0.455. The second-order valence-corrected chi connectivity index (χ2v) is 8.05. The summed E-state index contributed by atoms with van der Waals surface area (Å²) < 4.78 is 5.20. The van der Waals surface area contributed by atoms with Crippen LogP contribution >= 0.6 is 0 Å². The normalized spacial score (nSPS) is 17.4. The summed E-state index contributed by atoms with van der Waals surface area (Å²) in [6.07, 6.45) is 4.50. The Kier molecular flexibility index (Phi) is 6.19. The second-order valence-electron chi connectivity index (χ2n) is 8.05. The average Bonchev–Trinajstić information content (AvgIpc) is 3.20. The van der Waals surface area contributed by atoms with Gasteiger partial charge in [-0.05, 0) is 69.4 Å². The zero-order valence-electron chi connectivity index (χ0n) is 16.5. The molecule has 1 atom stereocenters. The number of furan rings is 1. The molecule has 1 fully saturated rings. The minimum absolute atomic E-state index is 0.0832. The molecule has 2 amide bonds. The van der Waals surface area contributed by atoms with Crippen LogP contribution in [0.3, 0.4) is 0 Å². The van der Waals surface area contributed by atoms with Crippen molar-refractivity contribution in [1.82, 2.24) is 10.2 Å². The van der Waals surface area contributed by atoms with Crippen LogP contribution in [-0.4, -0.2) is 46.6 Å². The van der Waals surface area contributed by atoms with E-state index in [0.717, 1.165) is 18.4 Å². The lowest BCUT2D eigenvalue weighted by Gasteiger charge is -2.32. The fourth-order valence-corrected chi connectivity index (χ4v) is 3.42. The van der Waals surface area contributed by atoms with Crippen molar-refractivity contribution in [2.75, 3.05) is 13.1 Å². The van der Waals surface area contributed by atoms with E-state index in [1.165, 1.54) is 6.26 Å². The van der Waals surface area contributed by atoms with E-state index in [4.69, 9.17) is 4.42 Å². The maximum absolute atomic E-state index is 12.7. The fourth-order valence-electron chi connectivity index (χ4n) is 3.42. The quantitative estimate of drug-likeness (QED) is 0.802. The molecule has 0 radical (unpaired) electrons. The minimum atomic E-state index is -0.732. The smallest absolute Gasteiger partial charge is 0.289 e. The highest BCUT2D eigenvalue weighted by atomic mass is 16.3. The van der Waals surface area contributed by atoms with Gasteiger partial charge in [-0.25, -0.2) is 0 Å². The first-order valence-corrected chi connectivity index (χ1v) is 9.77. The van der Waals surface area contributed by atoms with Gasteiger partial charge in [-0.1, -0.05) is 12.1 Å². The molecule has 0 aliphatic carbocycles. The van der Waals surface area contributed by atoms with Crippen LogP contribution in [0.15, 0.2) is 47.1 Å². The van der Waals surface area contributed by atoms with Crippen molar-refractivity contribution in [1.29, 1.82) is 0 Å². The van der Waals surface area contributed by atoms with E-state index in [2.05, 4.69) is 5.32 Å². The Morgan fingerprint density at radius 3 is 2.82 bits per heavy atom. The van der Waals surface area contributed by atoms with Gasteiger partial charge in [0.15, 0.2) is 5.76 Å². The molecule has 0 saturated carbocycles. The Balaban J connectivity index is 1.59. The first-order valence-electron chi connectivity index (χ1n) is 9.77. The number of hydrogen-bond donors (Lipinski definition) is 2. The lowest BCUT2D eigenvalue weighted by Crippen LogP contribution is -2.49. The molecule has 2 aromatic rings. The van der Waals surface area contributed by atoms with E-state index in [-0.39, 0.29) is 17.9 Å². The second kappa shape index (κ2) is 8.61. The summed E-state index contributed by atoms with van der Waals surface area (Å²) in [4.78, 5) is 26.9. The number of nitrogens with zero attached hydrogens (tertiary/aromatic N) is 1. The molecule has 28 heavy (non-hydrogen) atoms. The van der Waals surface area contributed by atoms with E-state index in [1.54, 1.807) is 36.9 Å². The van der Waals surface area contributed by atoms with Crippen molar-refractivity contribution in [2.45, 2.75) is 51.2 Å². The standard InChI is InChI=1S/C22H28N2O4/c1-22(2,27)11-10-16-6-3-7-17(14-16)20(25)23-18-8-4-12-24(15-18)21(26)19-9-5-13-28-19/h3,5-7,9,13-14,18,27H,4,8,10-12,15H2,1-2H3,(H,23,25). The van der Waals surface area contributed by atoms with Gasteiger partial charge in [0.05, 0.1) is 11.9 Å². The monoisotopic (exact) mass is 384 g/mol. The summed E-state index contributed by atoms with van der Waals surface area (Å²) in [6, 6.07) is 10.8. The Hall–Kier alpha value is -2.60. The zero-order valence-corrected chi connectivity index (χ0v) is 16.5. The molecule has 0 bridgehead atoms. The van der Waals surface area contributed by atoms with Crippen molar-refractivity contribution in [3.8, 4) is 0 Å². The molecule has 2 heterocycles. The van der Waals surface area contributed by atoms with E-state index < -0.39 is 5.60 Å². The van der Waals surface area contributed by atoms with Gasteiger partial charge in [0.25, 0.3) is 11.8 Å². The van der Waals surface area contributed by atoms with Gasteiger partial charge in [-0.2, -0.15) is 0 Å². The minimum Gasteiger partial charge on any atom is -0.459 e. The zero-order chi connectivity index (χ0) is 20.1. The molecule has 6 heteroatoms. The number of piperidine rings is 1. The van der Waals surface area contributed by atoms with E-state index in [0.29, 0.717) is 37.3 Å². The van der Waals surface area contributed by atoms with Crippen LogP contribution in [0.4, 0.5) is 0 Å². The molecule has 3 rings (SSSR count). The van der Waals surface area contributed by atoms with Gasteiger partial charge in [0, 0.05) is 24.7 Å². The van der Waals surface area contributed by atoms with Gasteiger partial charge in [-0.15, -0.1) is 0 Å². The third-order valence-corrected chi connectivity index (χ3v) is 4.99. The maximum Gasteiger partial charge on any atom is 0.289 e. The van der Waals surface area contributed by atoms with Crippen molar-refractivity contribution < 1.29 is 19.1 Å². The van der Waals surface area contributed by atoms with Crippen LogP contribution in [0.25, 0.3) is 0 Å². The molecule has 1 aromatic heterocycles. The molecular formula is C22H28N2O4. The largest absolute Gasteiger partial charge is 0.459 e. The Morgan fingerprint density at radius 2 is 2.11 bits per heavy atom. The van der Waals surface area contributed by atoms with Gasteiger partial charge >= 0.3 is 0 Å². The number of carbonyl (C=O) groups is 2. The third-order valence-electron chi connectivity index (χ3n) is 4.99. The van der Waals surface area contributed by atoms with E-state index >= 15 is 0 Å². The maximum atomic E-state index is 12.7. The number of nitrogens with one attached hydrogen (secondary N) is 1. The number of benzene rings is 1. The number of carbonyl (C=O) groups excluding carboxylic acids is 2. The van der Waals surface area contributed by atoms with Gasteiger partial charge in [0.1, 0.15) is 0 Å². The molecule has 6 nitrogen and oxygen atoms in total. The summed E-state index contributed by atoms with van der Waals surface area (Å²) in [5.41, 5.74) is 0.889. The van der Waals surface area contributed by atoms with Gasteiger partial charge in [-0.3, -0.25) is 9.59 Å². The molecule has 1 aliphatic rings. The van der Waals surface area contributed by atoms with E-state index in [1.807, 2.05) is 18.2 Å². The Labute approximate surface area is 165 Å². The summed E-state index contributed by atoms with van der Waals surface area (Å²) in [5, 5.41) is 12.9. The molecule has 0 spiro atoms. The molecule has 1 unspecified atom stereocenters. The predicted molar refractivity (Wildman–Crippen MR) is 106 cm³/mol. The number of aryl methyl sites for hydroxylation is 1. The van der Waals surface area contributed by atoms with Gasteiger partial charge in [0.2, 0.25) is 0 Å². The molecule has 1 aromatic carbocycles. The van der Waals surface area contributed by atoms with Crippen molar-refractivity contribution >= 4 is 11.8 Å². The number of aliphatic hydroxyl groups is 1. The highest BCUT2D eigenvalue weighted by Crippen LogP contribution is 2.17. The number of likely N-dealkylation sites (tertiary alicyclic amines) is 1. The highest BCUT2D eigenvalue weighted by Gasteiger charge is 2.27. The van der Waals surface area contributed by atoms with Crippen LogP contribution in [0, 0.1) is 0 Å². The van der Waals surface area contributed by atoms with Crippen molar-refractivity contribution in [3.05, 3.63) is 59.5 Å². The topological polar surface area (TPSA) is 82.8 Å². The predicted octanol–water partition coefficient (Wildman–Crippen LogP) is 3.02. The van der Waals surface area contributed by atoms with Gasteiger partial charge < -0.3 is 19.7 Å². The number of amides is 2. The van der Waals surface area contributed by atoms with E-state index in [9.17, 15) is 14.7 Å². The van der Waals surface area contributed by atoms with Crippen LogP contribution in [0.1, 0.15) is 59.6 Å². The summed E-state index contributed by atoms with van der Waals surface area (Å²) in [6.45, 7) is 4.70. The average molecular weight is 384 g/mol. The molecule has 150 valence electrons. The highest BCUT2D eigenvalue weighted by molar-refractivity contribution is 5.95. The molecule has 1 saturated heterocycles. The third kappa shape index (κ3) is 5.45. The Bertz CT molecular complexity index is 808. The summed E-state index contributed by atoms with van der Waals surface area (Å²) in [5.74, 6) is 0.0476. The Morgan fingerprint density at radius 1 is 1.29 bits per heavy atom. The van der Waals surface area contributed by atoms with Crippen LogP contribution < -0.4 is 5.32 Å². The number of hydrogen-bond acceptors (Lipinski definition) is 4. The number of rotatable bonds is 6. The van der Waals surface area contributed by atoms with Crippen LogP contribution in [0.5, 0.6) is 0 Å². The first kappa shape index (κ1) is 20.1. The molecule has 2 N–H and O–H groups in total.